The Morgan fingerprint density at radius 1 is 1.21 bits per heavy atom. The molecule has 0 bridgehead atoms. The Balaban J connectivity index is 1.60. The van der Waals surface area contributed by atoms with Gasteiger partial charge in [0, 0.05) is 23.7 Å². The van der Waals surface area contributed by atoms with E-state index in [1.165, 1.54) is 7.11 Å². The van der Waals surface area contributed by atoms with Crippen molar-refractivity contribution in [2.24, 2.45) is 0 Å². The van der Waals surface area contributed by atoms with Gasteiger partial charge in [-0.05, 0) is 47.7 Å². The lowest BCUT2D eigenvalue weighted by Crippen LogP contribution is -2.37. The molecule has 1 N–H and O–H groups in total. The lowest BCUT2D eigenvalue weighted by molar-refractivity contribution is -0.122. The zero-order chi connectivity index (χ0) is 20.1. The molecule has 1 saturated heterocycles. The molecule has 1 heterocycles. The molecule has 3 rings (SSSR count). The fourth-order valence-corrected chi connectivity index (χ4v) is 3.62. The van der Waals surface area contributed by atoms with Crippen LogP contribution in [-0.4, -0.2) is 42.2 Å². The van der Waals surface area contributed by atoms with Crippen molar-refractivity contribution in [3.8, 4) is 5.75 Å². The number of ether oxygens (including phenoxy) is 1. The summed E-state index contributed by atoms with van der Waals surface area (Å²) in [5.41, 5.74) is 1.10. The SMILES string of the molecule is COc1cccc(C(=O)NCCN2C(=O)S/C(=C\c3ccccc3Cl)C2=O)c1. The molecule has 1 aliphatic heterocycles. The average molecular weight is 417 g/mol. The number of imide groups is 1. The van der Waals surface area contributed by atoms with E-state index < -0.39 is 5.91 Å². The van der Waals surface area contributed by atoms with Crippen LogP contribution in [0.4, 0.5) is 4.79 Å². The van der Waals surface area contributed by atoms with E-state index >= 15 is 0 Å². The summed E-state index contributed by atoms with van der Waals surface area (Å²) in [5.74, 6) is -0.133. The smallest absolute Gasteiger partial charge is 0.293 e. The van der Waals surface area contributed by atoms with E-state index in [0.29, 0.717) is 26.8 Å². The molecule has 0 saturated carbocycles. The van der Waals surface area contributed by atoms with Crippen LogP contribution >= 0.6 is 23.4 Å². The Morgan fingerprint density at radius 2 is 2.00 bits per heavy atom. The number of nitrogens with one attached hydrogen (secondary N) is 1. The monoisotopic (exact) mass is 416 g/mol. The molecular weight excluding hydrogens is 400 g/mol. The first-order valence-corrected chi connectivity index (χ1v) is 9.61. The molecule has 2 aromatic carbocycles. The van der Waals surface area contributed by atoms with Gasteiger partial charge in [-0.2, -0.15) is 0 Å². The number of halogens is 1. The quantitative estimate of drug-likeness (QED) is 0.724. The van der Waals surface area contributed by atoms with E-state index in [9.17, 15) is 14.4 Å². The van der Waals surface area contributed by atoms with Gasteiger partial charge in [-0.25, -0.2) is 0 Å². The number of amides is 3. The number of carbonyl (C=O) groups is 3. The zero-order valence-corrected chi connectivity index (χ0v) is 16.5. The normalized spacial score (nSPS) is 15.2. The number of thioether (sulfide) groups is 1. The minimum absolute atomic E-state index is 0.0836. The fraction of sp³-hybridized carbons (Fsp3) is 0.150. The standard InChI is InChI=1S/C20H17ClN2O4S/c1-27-15-7-4-6-14(11-15)18(24)22-9-10-23-19(25)17(28-20(23)26)12-13-5-2-3-8-16(13)21/h2-8,11-12H,9-10H2,1H3,(H,22,24)/b17-12-. The van der Waals surface area contributed by atoms with E-state index in [-0.39, 0.29) is 24.2 Å². The summed E-state index contributed by atoms with van der Waals surface area (Å²) in [6.07, 6.45) is 1.60. The number of nitrogens with zero attached hydrogens (tertiary/aromatic N) is 1. The highest BCUT2D eigenvalue weighted by molar-refractivity contribution is 8.18. The van der Waals surface area contributed by atoms with Crippen molar-refractivity contribution in [2.75, 3.05) is 20.2 Å². The second-order valence-electron chi connectivity index (χ2n) is 5.84. The van der Waals surface area contributed by atoms with Crippen molar-refractivity contribution >= 4 is 46.5 Å². The molecule has 0 aliphatic carbocycles. The van der Waals surface area contributed by atoms with Gasteiger partial charge in [0.2, 0.25) is 0 Å². The van der Waals surface area contributed by atoms with Gasteiger partial charge in [0.05, 0.1) is 12.0 Å². The predicted molar refractivity (Wildman–Crippen MR) is 109 cm³/mol. The van der Waals surface area contributed by atoms with Gasteiger partial charge in [-0.1, -0.05) is 35.9 Å². The van der Waals surface area contributed by atoms with Crippen LogP contribution in [0.2, 0.25) is 5.02 Å². The third-order valence-corrected chi connectivity index (χ3v) is 5.27. The molecule has 1 fully saturated rings. The largest absolute Gasteiger partial charge is 0.497 e. The lowest BCUT2D eigenvalue weighted by Gasteiger charge is -2.13. The number of hydrogen-bond acceptors (Lipinski definition) is 5. The first-order chi connectivity index (χ1) is 13.5. The van der Waals surface area contributed by atoms with Gasteiger partial charge in [0.1, 0.15) is 5.75 Å². The van der Waals surface area contributed by atoms with Gasteiger partial charge in [0.25, 0.3) is 17.1 Å². The number of hydrogen-bond donors (Lipinski definition) is 1. The van der Waals surface area contributed by atoms with Gasteiger partial charge in [0.15, 0.2) is 0 Å². The zero-order valence-electron chi connectivity index (χ0n) is 15.0. The summed E-state index contributed by atoms with van der Waals surface area (Å²) >= 11 is 6.96. The maximum absolute atomic E-state index is 12.5. The molecule has 3 amide bonds. The molecule has 1 aliphatic rings. The molecular formula is C20H17ClN2O4S. The molecule has 6 nitrogen and oxygen atoms in total. The highest BCUT2D eigenvalue weighted by atomic mass is 35.5. The molecule has 0 unspecified atom stereocenters. The van der Waals surface area contributed by atoms with E-state index in [0.717, 1.165) is 16.7 Å². The van der Waals surface area contributed by atoms with Crippen LogP contribution in [0.5, 0.6) is 5.75 Å². The average Bonchev–Trinajstić information content (AvgIpc) is 2.97. The van der Waals surface area contributed by atoms with Crippen molar-refractivity contribution in [1.82, 2.24) is 10.2 Å². The second kappa shape index (κ2) is 8.95. The van der Waals surface area contributed by atoms with Crippen molar-refractivity contribution in [1.29, 1.82) is 0 Å². The second-order valence-corrected chi connectivity index (χ2v) is 7.24. The Morgan fingerprint density at radius 3 is 2.75 bits per heavy atom. The highest BCUT2D eigenvalue weighted by Gasteiger charge is 2.34. The maximum Gasteiger partial charge on any atom is 0.293 e. The van der Waals surface area contributed by atoms with Gasteiger partial charge >= 0.3 is 0 Å². The fourth-order valence-electron chi connectivity index (χ4n) is 2.57. The van der Waals surface area contributed by atoms with Crippen LogP contribution in [0.3, 0.4) is 0 Å². The molecule has 0 spiro atoms. The van der Waals surface area contributed by atoms with E-state index in [2.05, 4.69) is 5.32 Å². The molecule has 0 atom stereocenters. The molecule has 144 valence electrons. The lowest BCUT2D eigenvalue weighted by atomic mass is 10.2. The number of carbonyl (C=O) groups excluding carboxylic acids is 3. The Labute approximate surface area is 171 Å². The van der Waals surface area contributed by atoms with Crippen molar-refractivity contribution < 1.29 is 19.1 Å². The van der Waals surface area contributed by atoms with Crippen LogP contribution in [0.25, 0.3) is 6.08 Å². The Kier molecular flexibility index (Phi) is 6.38. The number of methoxy groups -OCH3 is 1. The van der Waals surface area contributed by atoms with Crippen molar-refractivity contribution in [3.05, 3.63) is 69.6 Å². The van der Waals surface area contributed by atoms with Crippen LogP contribution in [-0.2, 0) is 4.79 Å². The minimum atomic E-state index is -0.398. The first-order valence-electron chi connectivity index (χ1n) is 8.42. The first kappa shape index (κ1) is 20.0. The molecule has 0 aromatic heterocycles. The summed E-state index contributed by atoms with van der Waals surface area (Å²) in [4.78, 5) is 38.3. The molecule has 8 heteroatoms. The molecule has 28 heavy (non-hydrogen) atoms. The maximum atomic E-state index is 12.5. The van der Waals surface area contributed by atoms with Gasteiger partial charge < -0.3 is 10.1 Å². The molecule has 0 radical (unpaired) electrons. The van der Waals surface area contributed by atoms with E-state index in [1.807, 2.05) is 0 Å². The minimum Gasteiger partial charge on any atom is -0.497 e. The summed E-state index contributed by atoms with van der Waals surface area (Å²) in [6, 6.07) is 13.8. The molecule has 2 aromatic rings. The third kappa shape index (κ3) is 4.55. The summed E-state index contributed by atoms with van der Waals surface area (Å²) in [7, 11) is 1.52. The summed E-state index contributed by atoms with van der Waals surface area (Å²) in [5, 5.41) is 2.83. The predicted octanol–water partition coefficient (Wildman–Crippen LogP) is 3.81. The van der Waals surface area contributed by atoms with Crippen molar-refractivity contribution in [3.63, 3.8) is 0 Å². The third-order valence-electron chi connectivity index (χ3n) is 4.02. The summed E-state index contributed by atoms with van der Waals surface area (Å²) in [6.45, 7) is 0.230. The topological polar surface area (TPSA) is 75.7 Å². The van der Waals surface area contributed by atoms with Gasteiger partial charge in [-0.3, -0.25) is 19.3 Å². The van der Waals surface area contributed by atoms with Crippen LogP contribution in [0.1, 0.15) is 15.9 Å². The number of rotatable bonds is 6. The van der Waals surface area contributed by atoms with E-state index in [1.54, 1.807) is 54.6 Å². The Hall–Kier alpha value is -2.77. The van der Waals surface area contributed by atoms with E-state index in [4.69, 9.17) is 16.3 Å². The van der Waals surface area contributed by atoms with Crippen LogP contribution in [0.15, 0.2) is 53.4 Å². The number of benzene rings is 2. The summed E-state index contributed by atoms with van der Waals surface area (Å²) < 4.78 is 5.09. The Bertz CT molecular complexity index is 961. The van der Waals surface area contributed by atoms with Gasteiger partial charge in [-0.15, -0.1) is 0 Å². The van der Waals surface area contributed by atoms with Crippen LogP contribution < -0.4 is 10.1 Å². The van der Waals surface area contributed by atoms with Crippen LogP contribution in [0, 0.1) is 0 Å². The highest BCUT2D eigenvalue weighted by Crippen LogP contribution is 2.33. The van der Waals surface area contributed by atoms with Crippen molar-refractivity contribution in [2.45, 2.75) is 0 Å².